The van der Waals surface area contributed by atoms with Gasteiger partial charge in [0.1, 0.15) is 5.82 Å². The molecule has 2 aromatic carbocycles. The van der Waals surface area contributed by atoms with Crippen molar-refractivity contribution in [3.05, 3.63) is 65.5 Å². The third-order valence-corrected chi connectivity index (χ3v) is 2.72. The van der Waals surface area contributed by atoms with Gasteiger partial charge in [-0.1, -0.05) is 30.3 Å². The maximum atomic E-state index is 13.4. The summed E-state index contributed by atoms with van der Waals surface area (Å²) in [4.78, 5) is 23.7. The molecule has 1 amide bonds. The van der Waals surface area contributed by atoms with Crippen LogP contribution in [0.15, 0.2) is 48.5 Å². The summed E-state index contributed by atoms with van der Waals surface area (Å²) in [7, 11) is 0. The number of halogens is 1. The molecule has 0 aliphatic rings. The van der Waals surface area contributed by atoms with Gasteiger partial charge in [0, 0.05) is 11.1 Å². The molecule has 0 aliphatic heterocycles. The molecule has 0 saturated carbocycles. The Labute approximate surface area is 115 Å². The minimum absolute atomic E-state index is 0.0954. The van der Waals surface area contributed by atoms with Gasteiger partial charge < -0.3 is 11.1 Å². The topological polar surface area (TPSA) is 72.2 Å². The SMILES string of the molecule is NCC(=O)Nc1ccc(F)cc1C(=O)c1ccccc1. The first kappa shape index (κ1) is 13.9. The standard InChI is InChI=1S/C15H13FN2O2/c16-11-6-7-13(18-14(19)9-17)12(8-11)15(20)10-4-2-1-3-5-10/h1-8H,9,17H2,(H,18,19). The molecule has 0 saturated heterocycles. The average molecular weight is 272 g/mol. The van der Waals surface area contributed by atoms with Gasteiger partial charge in [0.2, 0.25) is 5.91 Å². The van der Waals surface area contributed by atoms with E-state index in [0.717, 1.165) is 6.07 Å². The van der Waals surface area contributed by atoms with E-state index in [1.165, 1.54) is 12.1 Å². The van der Waals surface area contributed by atoms with Crippen molar-refractivity contribution in [2.45, 2.75) is 0 Å². The predicted octanol–water partition coefficient (Wildman–Crippen LogP) is 1.95. The molecule has 0 aliphatic carbocycles. The number of ketones is 1. The van der Waals surface area contributed by atoms with Crippen LogP contribution >= 0.6 is 0 Å². The number of carbonyl (C=O) groups excluding carboxylic acids is 2. The van der Waals surface area contributed by atoms with Crippen molar-refractivity contribution in [1.82, 2.24) is 0 Å². The lowest BCUT2D eigenvalue weighted by Gasteiger charge is -2.10. The zero-order valence-electron chi connectivity index (χ0n) is 10.6. The number of rotatable bonds is 4. The molecule has 3 N–H and O–H groups in total. The van der Waals surface area contributed by atoms with E-state index in [2.05, 4.69) is 5.32 Å². The number of hydrogen-bond donors (Lipinski definition) is 2. The predicted molar refractivity (Wildman–Crippen MR) is 74.0 cm³/mol. The van der Waals surface area contributed by atoms with Crippen LogP contribution in [0.25, 0.3) is 0 Å². The Bertz CT molecular complexity index is 642. The van der Waals surface area contributed by atoms with Gasteiger partial charge in [-0.3, -0.25) is 9.59 Å². The first-order valence-corrected chi connectivity index (χ1v) is 6.01. The second kappa shape index (κ2) is 6.08. The third-order valence-electron chi connectivity index (χ3n) is 2.72. The van der Waals surface area contributed by atoms with E-state index in [-0.39, 0.29) is 23.6 Å². The Kier molecular flexibility index (Phi) is 4.22. The quantitative estimate of drug-likeness (QED) is 0.836. The zero-order chi connectivity index (χ0) is 14.5. The van der Waals surface area contributed by atoms with Crippen LogP contribution < -0.4 is 11.1 Å². The summed E-state index contributed by atoms with van der Waals surface area (Å²) in [6.45, 7) is -0.212. The molecule has 0 spiro atoms. The molecule has 0 radical (unpaired) electrons. The fourth-order valence-electron chi connectivity index (χ4n) is 1.76. The maximum Gasteiger partial charge on any atom is 0.238 e. The van der Waals surface area contributed by atoms with Crippen LogP contribution in [0.4, 0.5) is 10.1 Å². The van der Waals surface area contributed by atoms with Gasteiger partial charge in [-0.2, -0.15) is 0 Å². The lowest BCUT2D eigenvalue weighted by atomic mass is 10.0. The first-order valence-electron chi connectivity index (χ1n) is 6.01. The van der Waals surface area contributed by atoms with Crippen molar-refractivity contribution in [3.63, 3.8) is 0 Å². The largest absolute Gasteiger partial charge is 0.324 e. The van der Waals surface area contributed by atoms with E-state index in [4.69, 9.17) is 5.73 Å². The fourth-order valence-corrected chi connectivity index (χ4v) is 1.76. The maximum absolute atomic E-state index is 13.4. The molecule has 2 aromatic rings. The summed E-state index contributed by atoms with van der Waals surface area (Å²) in [5.41, 5.74) is 5.98. The molecule has 5 heteroatoms. The van der Waals surface area contributed by atoms with E-state index in [9.17, 15) is 14.0 Å². The smallest absolute Gasteiger partial charge is 0.238 e. The fraction of sp³-hybridized carbons (Fsp3) is 0.0667. The van der Waals surface area contributed by atoms with Crippen LogP contribution in [-0.4, -0.2) is 18.2 Å². The molecular weight excluding hydrogens is 259 g/mol. The van der Waals surface area contributed by atoms with Crippen LogP contribution in [0.3, 0.4) is 0 Å². The Hall–Kier alpha value is -2.53. The second-order valence-corrected chi connectivity index (χ2v) is 4.14. The molecule has 0 fully saturated rings. The van der Waals surface area contributed by atoms with Crippen LogP contribution in [0.2, 0.25) is 0 Å². The molecular formula is C15H13FN2O2. The zero-order valence-corrected chi connectivity index (χ0v) is 10.6. The summed E-state index contributed by atoms with van der Waals surface area (Å²) in [5, 5.41) is 2.49. The van der Waals surface area contributed by atoms with Crippen molar-refractivity contribution < 1.29 is 14.0 Å². The van der Waals surface area contributed by atoms with Crippen LogP contribution in [-0.2, 0) is 4.79 Å². The van der Waals surface area contributed by atoms with Gasteiger partial charge >= 0.3 is 0 Å². The van der Waals surface area contributed by atoms with Gasteiger partial charge in [-0.25, -0.2) is 4.39 Å². The number of amides is 1. The van der Waals surface area contributed by atoms with Crippen molar-refractivity contribution in [3.8, 4) is 0 Å². The highest BCUT2D eigenvalue weighted by Crippen LogP contribution is 2.20. The minimum atomic E-state index is -0.546. The molecule has 0 bridgehead atoms. The highest BCUT2D eigenvalue weighted by molar-refractivity contribution is 6.13. The molecule has 102 valence electrons. The van der Waals surface area contributed by atoms with Crippen LogP contribution in [0, 0.1) is 5.82 Å². The van der Waals surface area contributed by atoms with Gasteiger partial charge in [0.15, 0.2) is 5.78 Å². The Morgan fingerprint density at radius 3 is 2.45 bits per heavy atom. The monoisotopic (exact) mass is 272 g/mol. The molecule has 20 heavy (non-hydrogen) atoms. The summed E-state index contributed by atoms with van der Waals surface area (Å²) < 4.78 is 13.4. The summed E-state index contributed by atoms with van der Waals surface area (Å²) in [6.07, 6.45) is 0. The molecule has 0 atom stereocenters. The van der Waals surface area contributed by atoms with E-state index < -0.39 is 11.7 Å². The summed E-state index contributed by atoms with van der Waals surface area (Å²) in [6, 6.07) is 12.1. The van der Waals surface area contributed by atoms with Gasteiger partial charge in [0.05, 0.1) is 12.2 Å². The molecule has 0 aromatic heterocycles. The Morgan fingerprint density at radius 2 is 1.80 bits per heavy atom. The van der Waals surface area contributed by atoms with Crippen LogP contribution in [0.5, 0.6) is 0 Å². The third kappa shape index (κ3) is 3.07. The van der Waals surface area contributed by atoms with Crippen molar-refractivity contribution in [2.24, 2.45) is 5.73 Å². The van der Waals surface area contributed by atoms with Crippen LogP contribution in [0.1, 0.15) is 15.9 Å². The van der Waals surface area contributed by atoms with Gasteiger partial charge in [-0.05, 0) is 18.2 Å². The first-order chi connectivity index (χ1) is 9.61. The Balaban J connectivity index is 2.41. The Morgan fingerprint density at radius 1 is 1.10 bits per heavy atom. The number of benzene rings is 2. The van der Waals surface area contributed by atoms with Crippen molar-refractivity contribution in [1.29, 1.82) is 0 Å². The number of carbonyl (C=O) groups is 2. The number of hydrogen-bond acceptors (Lipinski definition) is 3. The van der Waals surface area contributed by atoms with E-state index in [1.807, 2.05) is 0 Å². The highest BCUT2D eigenvalue weighted by atomic mass is 19.1. The second-order valence-electron chi connectivity index (χ2n) is 4.14. The van der Waals surface area contributed by atoms with E-state index >= 15 is 0 Å². The lowest BCUT2D eigenvalue weighted by molar-refractivity contribution is -0.114. The lowest BCUT2D eigenvalue weighted by Crippen LogP contribution is -2.23. The highest BCUT2D eigenvalue weighted by Gasteiger charge is 2.15. The van der Waals surface area contributed by atoms with Gasteiger partial charge in [-0.15, -0.1) is 0 Å². The molecule has 0 heterocycles. The average Bonchev–Trinajstić information content (AvgIpc) is 2.49. The van der Waals surface area contributed by atoms with Crippen molar-refractivity contribution >= 4 is 17.4 Å². The molecule has 4 nitrogen and oxygen atoms in total. The van der Waals surface area contributed by atoms with E-state index in [1.54, 1.807) is 30.3 Å². The summed E-state index contributed by atoms with van der Waals surface area (Å²) in [5.74, 6) is -1.36. The summed E-state index contributed by atoms with van der Waals surface area (Å²) >= 11 is 0. The normalized spacial score (nSPS) is 10.1. The number of nitrogens with two attached hydrogens (primary N) is 1. The number of nitrogens with one attached hydrogen (secondary N) is 1. The molecule has 2 rings (SSSR count). The van der Waals surface area contributed by atoms with E-state index in [0.29, 0.717) is 5.56 Å². The molecule has 0 unspecified atom stereocenters. The van der Waals surface area contributed by atoms with Gasteiger partial charge in [0.25, 0.3) is 0 Å². The minimum Gasteiger partial charge on any atom is -0.324 e. The number of anilines is 1. The van der Waals surface area contributed by atoms with Crippen molar-refractivity contribution in [2.75, 3.05) is 11.9 Å².